The second kappa shape index (κ2) is 7.25. The fourth-order valence-electron chi connectivity index (χ4n) is 4.32. The first kappa shape index (κ1) is 17.3. The van der Waals surface area contributed by atoms with Crippen molar-refractivity contribution >= 4 is 16.9 Å². The van der Waals surface area contributed by atoms with Gasteiger partial charge < -0.3 is 9.88 Å². The molecular weight excluding hydrogens is 330 g/mol. The number of para-hydroxylation sites is 2. The average Bonchev–Trinajstić information content (AvgIpc) is 3.25. The number of rotatable bonds is 4. The molecule has 0 spiro atoms. The zero-order valence-electron chi connectivity index (χ0n) is 15.2. The largest absolute Gasteiger partial charge is 0.341 e. The number of H-pyrrole nitrogens is 1. The number of benzene rings is 1. The number of imidazole rings is 1. The third-order valence-corrected chi connectivity index (χ3v) is 5.68. The highest BCUT2D eigenvalue weighted by molar-refractivity contribution is 5.82. The second-order valence-electron chi connectivity index (χ2n) is 7.44. The van der Waals surface area contributed by atoms with E-state index >= 15 is 0 Å². The normalized spacial score (nSPS) is 24.4. The maximum absolute atomic E-state index is 12.8. The van der Waals surface area contributed by atoms with Gasteiger partial charge >= 0.3 is 5.69 Å². The van der Waals surface area contributed by atoms with Crippen LogP contribution in [0.1, 0.15) is 45.1 Å². The lowest BCUT2D eigenvalue weighted by Gasteiger charge is -2.34. The summed E-state index contributed by atoms with van der Waals surface area (Å²) in [5, 5.41) is 0. The molecule has 2 atom stereocenters. The molecule has 2 saturated heterocycles. The lowest BCUT2D eigenvalue weighted by Crippen LogP contribution is -2.49. The van der Waals surface area contributed by atoms with E-state index < -0.39 is 0 Å². The number of carbonyl (C=O) groups is 1. The summed E-state index contributed by atoms with van der Waals surface area (Å²) in [6.07, 6.45) is 4.68. The molecule has 1 aromatic carbocycles. The van der Waals surface area contributed by atoms with Crippen molar-refractivity contribution in [3.8, 4) is 0 Å². The lowest BCUT2D eigenvalue weighted by molar-refractivity contribution is -0.134. The third kappa shape index (κ3) is 3.17. The highest BCUT2D eigenvalue weighted by Crippen LogP contribution is 2.25. The van der Waals surface area contributed by atoms with E-state index in [-0.39, 0.29) is 23.7 Å². The van der Waals surface area contributed by atoms with Gasteiger partial charge in [0.05, 0.1) is 11.0 Å². The highest BCUT2D eigenvalue weighted by Gasteiger charge is 2.34. The molecule has 4 rings (SSSR count). The minimum Gasteiger partial charge on any atom is -0.341 e. The summed E-state index contributed by atoms with van der Waals surface area (Å²) in [6.45, 7) is 3.56. The SMILES string of the molecule is CCCC1CC(C(=O)N2CCC(n3c(=O)[nH]c4ccccc43)CC2)NN1. The molecule has 0 bridgehead atoms. The number of piperidine rings is 1. The molecule has 2 fully saturated rings. The van der Waals surface area contributed by atoms with Gasteiger partial charge in [0.15, 0.2) is 0 Å². The van der Waals surface area contributed by atoms with Gasteiger partial charge in [-0.1, -0.05) is 25.5 Å². The van der Waals surface area contributed by atoms with Crippen LogP contribution in [0.2, 0.25) is 0 Å². The predicted molar refractivity (Wildman–Crippen MR) is 101 cm³/mol. The summed E-state index contributed by atoms with van der Waals surface area (Å²) in [5.41, 5.74) is 8.17. The van der Waals surface area contributed by atoms with E-state index in [2.05, 4.69) is 22.8 Å². The second-order valence-corrected chi connectivity index (χ2v) is 7.44. The topological polar surface area (TPSA) is 82.2 Å². The van der Waals surface area contributed by atoms with Gasteiger partial charge in [-0.05, 0) is 37.8 Å². The Morgan fingerprint density at radius 1 is 1.19 bits per heavy atom. The zero-order chi connectivity index (χ0) is 18.1. The van der Waals surface area contributed by atoms with E-state index in [1.165, 1.54) is 0 Å². The van der Waals surface area contributed by atoms with Crippen molar-refractivity contribution in [3.05, 3.63) is 34.7 Å². The molecule has 2 unspecified atom stereocenters. The zero-order valence-corrected chi connectivity index (χ0v) is 15.2. The van der Waals surface area contributed by atoms with Crippen LogP contribution >= 0.6 is 0 Å². The molecule has 2 aromatic rings. The summed E-state index contributed by atoms with van der Waals surface area (Å²) in [5.74, 6) is 0.181. The fraction of sp³-hybridized carbons (Fsp3) is 0.579. The van der Waals surface area contributed by atoms with E-state index in [9.17, 15) is 9.59 Å². The van der Waals surface area contributed by atoms with Crippen molar-refractivity contribution in [2.45, 2.75) is 57.2 Å². The van der Waals surface area contributed by atoms with Crippen molar-refractivity contribution < 1.29 is 4.79 Å². The number of hydrazine groups is 1. The number of likely N-dealkylation sites (tertiary alicyclic amines) is 1. The molecule has 2 aliphatic heterocycles. The summed E-state index contributed by atoms with van der Waals surface area (Å²) < 4.78 is 1.86. The Hall–Kier alpha value is -2.12. The van der Waals surface area contributed by atoms with Gasteiger partial charge in [0.1, 0.15) is 6.04 Å². The van der Waals surface area contributed by atoms with Gasteiger partial charge in [-0.3, -0.25) is 14.8 Å². The number of amides is 1. The third-order valence-electron chi connectivity index (χ3n) is 5.68. The number of carbonyl (C=O) groups excluding carboxylic acids is 1. The van der Waals surface area contributed by atoms with Gasteiger partial charge in [-0.25, -0.2) is 10.2 Å². The predicted octanol–water partition coefficient (Wildman–Crippen LogP) is 1.53. The molecule has 7 heteroatoms. The lowest BCUT2D eigenvalue weighted by atomic mass is 10.0. The van der Waals surface area contributed by atoms with E-state index in [1.807, 2.05) is 33.7 Å². The van der Waals surface area contributed by atoms with Crippen molar-refractivity contribution in [2.75, 3.05) is 13.1 Å². The summed E-state index contributed by atoms with van der Waals surface area (Å²) in [7, 11) is 0. The Labute approximate surface area is 152 Å². The van der Waals surface area contributed by atoms with Crippen molar-refractivity contribution in [2.24, 2.45) is 0 Å². The van der Waals surface area contributed by atoms with Crippen LogP contribution in [0.5, 0.6) is 0 Å². The van der Waals surface area contributed by atoms with Crippen LogP contribution in [0.3, 0.4) is 0 Å². The van der Waals surface area contributed by atoms with E-state index in [4.69, 9.17) is 0 Å². The first-order chi connectivity index (χ1) is 12.7. The van der Waals surface area contributed by atoms with Crippen LogP contribution in [0, 0.1) is 0 Å². The maximum atomic E-state index is 12.8. The molecule has 3 heterocycles. The van der Waals surface area contributed by atoms with Gasteiger partial charge in [-0.2, -0.15) is 0 Å². The maximum Gasteiger partial charge on any atom is 0.326 e. The fourth-order valence-corrected chi connectivity index (χ4v) is 4.32. The molecule has 140 valence electrons. The number of aromatic amines is 1. The van der Waals surface area contributed by atoms with E-state index in [0.29, 0.717) is 19.1 Å². The Balaban J connectivity index is 1.40. The van der Waals surface area contributed by atoms with Gasteiger partial charge in [0.2, 0.25) is 5.91 Å². The van der Waals surface area contributed by atoms with Gasteiger partial charge in [0.25, 0.3) is 0 Å². The van der Waals surface area contributed by atoms with Crippen molar-refractivity contribution in [3.63, 3.8) is 0 Å². The Morgan fingerprint density at radius 2 is 1.96 bits per heavy atom. The highest BCUT2D eigenvalue weighted by atomic mass is 16.2. The van der Waals surface area contributed by atoms with E-state index in [1.54, 1.807) is 0 Å². The molecular formula is C19H27N5O2. The van der Waals surface area contributed by atoms with Crippen LogP contribution < -0.4 is 16.5 Å². The summed E-state index contributed by atoms with van der Waals surface area (Å²) in [6, 6.07) is 8.19. The summed E-state index contributed by atoms with van der Waals surface area (Å²) >= 11 is 0. The van der Waals surface area contributed by atoms with E-state index in [0.717, 1.165) is 43.1 Å². The molecule has 0 aliphatic carbocycles. The standard InChI is InChI=1S/C19H27N5O2/c1-2-5-13-12-16(22-21-13)18(25)23-10-8-14(9-11-23)24-17-7-4-3-6-15(17)20-19(24)26/h3-4,6-7,13-14,16,21-22H,2,5,8-12H2,1H3,(H,20,26). The molecule has 2 aliphatic rings. The number of nitrogens with zero attached hydrogens (tertiary/aromatic N) is 2. The van der Waals surface area contributed by atoms with Crippen molar-refractivity contribution in [1.29, 1.82) is 0 Å². The number of hydrogen-bond donors (Lipinski definition) is 3. The van der Waals surface area contributed by atoms with Crippen LogP contribution in [0.15, 0.2) is 29.1 Å². The van der Waals surface area contributed by atoms with Crippen LogP contribution in [-0.2, 0) is 4.79 Å². The number of fused-ring (bicyclic) bond motifs is 1. The Bertz CT molecular complexity index is 834. The van der Waals surface area contributed by atoms with Gasteiger partial charge in [-0.15, -0.1) is 0 Å². The molecule has 7 nitrogen and oxygen atoms in total. The average molecular weight is 357 g/mol. The monoisotopic (exact) mass is 357 g/mol. The molecule has 3 N–H and O–H groups in total. The van der Waals surface area contributed by atoms with Crippen LogP contribution in [-0.4, -0.2) is 45.5 Å². The minimum absolute atomic E-state index is 0.0555. The first-order valence-electron chi connectivity index (χ1n) is 9.66. The first-order valence-corrected chi connectivity index (χ1v) is 9.66. The number of hydrogen-bond acceptors (Lipinski definition) is 4. The molecule has 26 heavy (non-hydrogen) atoms. The van der Waals surface area contributed by atoms with Crippen LogP contribution in [0.4, 0.5) is 0 Å². The molecule has 0 radical (unpaired) electrons. The Kier molecular flexibility index (Phi) is 4.82. The quantitative estimate of drug-likeness (QED) is 0.775. The number of nitrogens with one attached hydrogen (secondary N) is 3. The molecule has 1 amide bonds. The summed E-state index contributed by atoms with van der Waals surface area (Å²) in [4.78, 5) is 30.0. The van der Waals surface area contributed by atoms with Crippen molar-refractivity contribution in [1.82, 2.24) is 25.3 Å². The minimum atomic E-state index is -0.126. The Morgan fingerprint density at radius 3 is 2.73 bits per heavy atom. The smallest absolute Gasteiger partial charge is 0.326 e. The molecule has 0 saturated carbocycles. The molecule has 1 aromatic heterocycles. The van der Waals surface area contributed by atoms with Gasteiger partial charge in [0, 0.05) is 25.2 Å². The number of aromatic nitrogens is 2. The van der Waals surface area contributed by atoms with Crippen LogP contribution in [0.25, 0.3) is 11.0 Å².